The highest BCUT2D eigenvalue weighted by Gasteiger charge is 2.25. The summed E-state index contributed by atoms with van der Waals surface area (Å²) >= 11 is 0. The molecular weight excluding hydrogens is 264 g/mol. The first-order chi connectivity index (χ1) is 9.73. The Morgan fingerprint density at radius 3 is 2.57 bits per heavy atom. The molecule has 4 nitrogen and oxygen atoms in total. The third kappa shape index (κ3) is 3.27. The third-order valence-corrected chi connectivity index (χ3v) is 3.67. The maximum atomic E-state index is 12.7. The van der Waals surface area contributed by atoms with Crippen LogP contribution in [0.15, 0.2) is 18.2 Å². The van der Waals surface area contributed by atoms with E-state index in [1.807, 2.05) is 32.9 Å². The molecule has 0 radical (unpaired) electrons. The Balaban J connectivity index is 2.40. The number of nitrogens with zero attached hydrogens (tertiary/aromatic N) is 1. The monoisotopic (exact) mass is 288 g/mol. The van der Waals surface area contributed by atoms with Gasteiger partial charge in [0.1, 0.15) is 5.69 Å². The summed E-state index contributed by atoms with van der Waals surface area (Å²) in [4.78, 5) is 17.6. The summed E-state index contributed by atoms with van der Waals surface area (Å²) in [7, 11) is 0. The van der Waals surface area contributed by atoms with E-state index in [0.717, 1.165) is 16.5 Å². The Morgan fingerprint density at radius 1 is 1.33 bits per heavy atom. The van der Waals surface area contributed by atoms with Crippen LogP contribution >= 0.6 is 0 Å². The molecule has 2 N–H and O–H groups in total. The average Bonchev–Trinajstić information content (AvgIpc) is 2.71. The van der Waals surface area contributed by atoms with Gasteiger partial charge in [-0.2, -0.15) is 0 Å². The van der Waals surface area contributed by atoms with E-state index in [1.165, 1.54) is 5.56 Å². The molecule has 1 heterocycles. The SMILES string of the molecule is CCN(CC(C)(C)O)C(=O)c1[nH]c2ccc(C)cc2c1C. The van der Waals surface area contributed by atoms with Crippen LogP contribution in [0.2, 0.25) is 0 Å². The molecule has 2 rings (SSSR count). The van der Waals surface area contributed by atoms with Gasteiger partial charge >= 0.3 is 0 Å². The number of aromatic nitrogens is 1. The van der Waals surface area contributed by atoms with Crippen molar-refractivity contribution in [3.8, 4) is 0 Å². The summed E-state index contributed by atoms with van der Waals surface area (Å²) in [5.41, 5.74) is 2.82. The molecule has 114 valence electrons. The number of likely N-dealkylation sites (N-methyl/N-ethyl adjacent to an activating group) is 1. The summed E-state index contributed by atoms with van der Waals surface area (Å²) in [6.45, 7) is 10.2. The van der Waals surface area contributed by atoms with Crippen LogP contribution in [0.1, 0.15) is 42.4 Å². The molecule has 0 spiro atoms. The number of H-pyrrole nitrogens is 1. The van der Waals surface area contributed by atoms with Gasteiger partial charge in [-0.05, 0) is 52.3 Å². The van der Waals surface area contributed by atoms with Gasteiger partial charge in [0.05, 0.1) is 5.60 Å². The standard InChI is InChI=1S/C17H24N2O2/c1-6-19(10-17(4,5)21)16(20)15-12(3)13-9-11(2)7-8-14(13)18-15/h7-9,18,21H,6,10H2,1-5H3. The lowest BCUT2D eigenvalue weighted by molar-refractivity contribution is 0.0311. The Hall–Kier alpha value is -1.81. The zero-order valence-electron chi connectivity index (χ0n) is 13.4. The first-order valence-corrected chi connectivity index (χ1v) is 7.33. The summed E-state index contributed by atoms with van der Waals surface area (Å²) in [6.07, 6.45) is 0. The first-order valence-electron chi connectivity index (χ1n) is 7.33. The predicted molar refractivity (Wildman–Crippen MR) is 85.6 cm³/mol. The Kier molecular flexibility index (Phi) is 4.10. The van der Waals surface area contributed by atoms with Crippen LogP contribution in [0.5, 0.6) is 0 Å². The molecule has 0 unspecified atom stereocenters. The van der Waals surface area contributed by atoms with Crippen LogP contribution in [-0.4, -0.2) is 39.6 Å². The van der Waals surface area contributed by atoms with E-state index in [4.69, 9.17) is 0 Å². The topological polar surface area (TPSA) is 56.3 Å². The number of rotatable bonds is 4. The van der Waals surface area contributed by atoms with Crippen LogP contribution < -0.4 is 0 Å². The van der Waals surface area contributed by atoms with Gasteiger partial charge in [-0.1, -0.05) is 11.6 Å². The highest BCUT2D eigenvalue weighted by Crippen LogP contribution is 2.24. The highest BCUT2D eigenvalue weighted by atomic mass is 16.3. The van der Waals surface area contributed by atoms with Crippen LogP contribution in [0.25, 0.3) is 10.9 Å². The number of amides is 1. The van der Waals surface area contributed by atoms with Crippen molar-refractivity contribution in [2.75, 3.05) is 13.1 Å². The number of fused-ring (bicyclic) bond motifs is 1. The van der Waals surface area contributed by atoms with E-state index in [2.05, 4.69) is 11.1 Å². The second-order valence-corrected chi connectivity index (χ2v) is 6.31. The number of carbonyl (C=O) groups excluding carboxylic acids is 1. The van der Waals surface area contributed by atoms with Crippen molar-refractivity contribution in [1.82, 2.24) is 9.88 Å². The summed E-state index contributed by atoms with van der Waals surface area (Å²) in [5.74, 6) is -0.0639. The fourth-order valence-electron chi connectivity index (χ4n) is 2.61. The minimum atomic E-state index is -0.901. The molecule has 1 aromatic carbocycles. The number of aromatic amines is 1. The van der Waals surface area contributed by atoms with Crippen LogP contribution in [-0.2, 0) is 0 Å². The number of hydrogen-bond donors (Lipinski definition) is 2. The normalized spacial score (nSPS) is 11.9. The molecule has 0 aliphatic rings. The highest BCUT2D eigenvalue weighted by molar-refractivity contribution is 6.01. The number of benzene rings is 1. The molecule has 0 aliphatic heterocycles. The molecule has 2 aromatic rings. The fraction of sp³-hybridized carbons (Fsp3) is 0.471. The maximum Gasteiger partial charge on any atom is 0.270 e. The third-order valence-electron chi connectivity index (χ3n) is 3.67. The molecule has 1 aromatic heterocycles. The molecule has 4 heteroatoms. The lowest BCUT2D eigenvalue weighted by atomic mass is 10.1. The first kappa shape index (κ1) is 15.6. The van der Waals surface area contributed by atoms with Gasteiger partial charge in [-0.3, -0.25) is 4.79 Å². The average molecular weight is 288 g/mol. The molecule has 0 saturated carbocycles. The molecule has 0 fully saturated rings. The van der Waals surface area contributed by atoms with Gasteiger partial charge in [-0.15, -0.1) is 0 Å². The summed E-state index contributed by atoms with van der Waals surface area (Å²) in [5, 5.41) is 11.0. The van der Waals surface area contributed by atoms with Crippen LogP contribution in [0.4, 0.5) is 0 Å². The minimum Gasteiger partial charge on any atom is -0.389 e. The van der Waals surface area contributed by atoms with Crippen molar-refractivity contribution in [2.45, 2.75) is 40.2 Å². The fourth-order valence-corrected chi connectivity index (χ4v) is 2.61. The van der Waals surface area contributed by atoms with Crippen molar-refractivity contribution in [2.24, 2.45) is 0 Å². The van der Waals surface area contributed by atoms with Crippen LogP contribution in [0.3, 0.4) is 0 Å². The zero-order chi connectivity index (χ0) is 15.8. The van der Waals surface area contributed by atoms with Crippen molar-refractivity contribution in [3.63, 3.8) is 0 Å². The van der Waals surface area contributed by atoms with Gasteiger partial charge in [0, 0.05) is 24.0 Å². The van der Waals surface area contributed by atoms with E-state index >= 15 is 0 Å². The molecular formula is C17H24N2O2. The van der Waals surface area contributed by atoms with E-state index < -0.39 is 5.60 Å². The van der Waals surface area contributed by atoms with E-state index in [9.17, 15) is 9.90 Å². The quantitative estimate of drug-likeness (QED) is 0.908. The lowest BCUT2D eigenvalue weighted by Crippen LogP contribution is -2.42. The van der Waals surface area contributed by atoms with Gasteiger partial charge in [0.15, 0.2) is 0 Å². The predicted octanol–water partition coefficient (Wildman–Crippen LogP) is 3.02. The molecule has 0 saturated heterocycles. The number of aryl methyl sites for hydroxylation is 2. The smallest absolute Gasteiger partial charge is 0.270 e. The zero-order valence-corrected chi connectivity index (χ0v) is 13.4. The Morgan fingerprint density at radius 2 is 2.00 bits per heavy atom. The van der Waals surface area contributed by atoms with Crippen molar-refractivity contribution < 1.29 is 9.90 Å². The van der Waals surface area contributed by atoms with Gasteiger partial charge < -0.3 is 15.0 Å². The second kappa shape index (κ2) is 5.53. The number of hydrogen-bond acceptors (Lipinski definition) is 2. The number of nitrogens with one attached hydrogen (secondary N) is 1. The van der Waals surface area contributed by atoms with Crippen molar-refractivity contribution in [3.05, 3.63) is 35.0 Å². The molecule has 21 heavy (non-hydrogen) atoms. The molecule has 0 bridgehead atoms. The van der Waals surface area contributed by atoms with E-state index in [1.54, 1.807) is 18.7 Å². The molecule has 0 aliphatic carbocycles. The Labute approximate surface area is 125 Å². The van der Waals surface area contributed by atoms with Crippen molar-refractivity contribution >= 4 is 16.8 Å². The molecule has 1 amide bonds. The maximum absolute atomic E-state index is 12.7. The lowest BCUT2D eigenvalue weighted by Gasteiger charge is -2.28. The molecule has 0 atom stereocenters. The number of aliphatic hydroxyl groups is 1. The number of carbonyl (C=O) groups is 1. The Bertz CT molecular complexity index is 665. The van der Waals surface area contributed by atoms with Gasteiger partial charge in [-0.25, -0.2) is 0 Å². The largest absolute Gasteiger partial charge is 0.389 e. The minimum absolute atomic E-state index is 0.0639. The van der Waals surface area contributed by atoms with E-state index in [-0.39, 0.29) is 5.91 Å². The van der Waals surface area contributed by atoms with E-state index in [0.29, 0.717) is 18.8 Å². The second-order valence-electron chi connectivity index (χ2n) is 6.31. The summed E-state index contributed by atoms with van der Waals surface area (Å²) < 4.78 is 0. The van der Waals surface area contributed by atoms with Gasteiger partial charge in [0.25, 0.3) is 5.91 Å². The van der Waals surface area contributed by atoms with Crippen LogP contribution in [0, 0.1) is 13.8 Å². The van der Waals surface area contributed by atoms with Crippen molar-refractivity contribution in [1.29, 1.82) is 0 Å². The summed E-state index contributed by atoms with van der Waals surface area (Å²) in [6, 6.07) is 6.12. The van der Waals surface area contributed by atoms with Gasteiger partial charge in [0.2, 0.25) is 0 Å².